The number of nitriles is 1. The van der Waals surface area contributed by atoms with Gasteiger partial charge in [-0.3, -0.25) is 0 Å². The van der Waals surface area contributed by atoms with E-state index in [4.69, 9.17) is 11.8 Å². The zero-order chi connectivity index (χ0) is 11.7. The van der Waals surface area contributed by atoms with E-state index in [0.29, 0.717) is 0 Å². The molecule has 1 aromatic rings. The molecule has 2 rings (SSSR count). The average molecular weight is 206 g/mol. The fourth-order valence-electron chi connectivity index (χ4n) is 2.10. The number of hydrogen-bond donors (Lipinski definition) is 0. The van der Waals surface area contributed by atoms with Gasteiger partial charge in [0.15, 0.2) is 0 Å². The summed E-state index contributed by atoms with van der Waals surface area (Å²) in [4.78, 5) is 3.28. The topological polar surface area (TPSA) is 28.1 Å². The molecular weight excluding hydrogens is 196 g/mol. The lowest BCUT2D eigenvalue weighted by Crippen LogP contribution is -1.87. The molecular formula is C14H10N2. The molecule has 1 atom stereocenters. The van der Waals surface area contributed by atoms with E-state index in [1.807, 2.05) is 37.3 Å². The summed E-state index contributed by atoms with van der Waals surface area (Å²) in [7, 11) is 0. The van der Waals surface area contributed by atoms with Crippen LogP contribution in [0.25, 0.3) is 10.4 Å². The standard InChI is InChI=1S/C14H10N2/c1-9-10(2)14(13(8-15)16-3)12-7-5-4-6-11(9)12/h4-7,9H,2H2,1H3. The third kappa shape index (κ3) is 1.25. The molecule has 0 radical (unpaired) electrons. The van der Waals surface area contributed by atoms with Crippen LogP contribution in [0.1, 0.15) is 24.0 Å². The number of nitrogens with zero attached hydrogens (tertiary/aromatic N) is 2. The van der Waals surface area contributed by atoms with E-state index in [-0.39, 0.29) is 11.6 Å². The molecule has 16 heavy (non-hydrogen) atoms. The van der Waals surface area contributed by atoms with Gasteiger partial charge < -0.3 is 0 Å². The molecule has 0 fully saturated rings. The lowest BCUT2D eigenvalue weighted by Gasteiger charge is -2.04. The normalized spacial score (nSPS) is 20.9. The van der Waals surface area contributed by atoms with Crippen LogP contribution in [0.3, 0.4) is 0 Å². The van der Waals surface area contributed by atoms with Gasteiger partial charge in [-0.25, -0.2) is 10.1 Å². The van der Waals surface area contributed by atoms with Gasteiger partial charge >= 0.3 is 0 Å². The van der Waals surface area contributed by atoms with Crippen LogP contribution in [0.5, 0.6) is 0 Å². The van der Waals surface area contributed by atoms with Gasteiger partial charge in [0.25, 0.3) is 5.70 Å². The largest absolute Gasteiger partial charge is 0.269 e. The summed E-state index contributed by atoms with van der Waals surface area (Å²) in [5.41, 5.74) is 3.86. The highest BCUT2D eigenvalue weighted by Crippen LogP contribution is 2.45. The molecule has 2 nitrogen and oxygen atoms in total. The zero-order valence-corrected chi connectivity index (χ0v) is 8.99. The summed E-state index contributed by atoms with van der Waals surface area (Å²) in [6.45, 7) is 13.1. The van der Waals surface area contributed by atoms with Crippen molar-refractivity contribution in [3.05, 3.63) is 64.7 Å². The predicted octanol–water partition coefficient (Wildman–Crippen LogP) is 3.51. The first-order chi connectivity index (χ1) is 7.70. The van der Waals surface area contributed by atoms with Crippen LogP contribution < -0.4 is 0 Å². The maximum Gasteiger partial charge on any atom is 0.269 e. The molecule has 0 heterocycles. The molecule has 1 aromatic carbocycles. The Morgan fingerprint density at radius 1 is 1.50 bits per heavy atom. The van der Waals surface area contributed by atoms with Crippen LogP contribution in [0.2, 0.25) is 0 Å². The van der Waals surface area contributed by atoms with Crippen LogP contribution >= 0.6 is 0 Å². The Kier molecular flexibility index (Phi) is 2.35. The second-order valence-electron chi connectivity index (χ2n) is 3.78. The van der Waals surface area contributed by atoms with Crippen molar-refractivity contribution in [3.8, 4) is 6.07 Å². The van der Waals surface area contributed by atoms with Gasteiger partial charge in [0, 0.05) is 11.5 Å². The first kappa shape index (κ1) is 10.2. The highest BCUT2D eigenvalue weighted by atomic mass is 14.7. The Bertz CT molecular complexity index is 563. The molecule has 0 spiro atoms. The van der Waals surface area contributed by atoms with E-state index >= 15 is 0 Å². The van der Waals surface area contributed by atoms with Gasteiger partial charge in [-0.15, -0.1) is 0 Å². The fraction of sp³-hybridized carbons (Fsp3) is 0.143. The van der Waals surface area contributed by atoms with Crippen LogP contribution in [-0.2, 0) is 0 Å². The molecule has 1 aliphatic rings. The highest BCUT2D eigenvalue weighted by Gasteiger charge is 2.28. The predicted molar refractivity (Wildman–Crippen MR) is 63.1 cm³/mol. The van der Waals surface area contributed by atoms with E-state index < -0.39 is 0 Å². The van der Waals surface area contributed by atoms with Crippen molar-refractivity contribution in [1.82, 2.24) is 0 Å². The molecule has 2 heteroatoms. The van der Waals surface area contributed by atoms with Crippen molar-refractivity contribution in [1.29, 1.82) is 5.26 Å². The third-order valence-corrected chi connectivity index (χ3v) is 2.99. The van der Waals surface area contributed by atoms with Gasteiger partial charge in [0.1, 0.15) is 0 Å². The summed E-state index contributed by atoms with van der Waals surface area (Å²) < 4.78 is 0. The van der Waals surface area contributed by atoms with Crippen molar-refractivity contribution < 1.29 is 0 Å². The monoisotopic (exact) mass is 206 g/mol. The van der Waals surface area contributed by atoms with Crippen molar-refractivity contribution >= 4 is 5.57 Å². The van der Waals surface area contributed by atoms with Gasteiger partial charge in [-0.2, -0.15) is 0 Å². The Hall–Kier alpha value is -2.32. The molecule has 0 saturated carbocycles. The van der Waals surface area contributed by atoms with Crippen molar-refractivity contribution in [2.45, 2.75) is 12.8 Å². The Balaban J connectivity index is 2.78. The number of rotatable bonds is 0. The number of benzene rings is 1. The molecule has 1 aliphatic carbocycles. The van der Waals surface area contributed by atoms with Crippen LogP contribution in [0.4, 0.5) is 0 Å². The summed E-state index contributed by atoms with van der Waals surface area (Å²) in [5, 5.41) is 8.95. The minimum absolute atomic E-state index is 0.141. The number of allylic oxidation sites excluding steroid dienone is 3. The molecule has 0 N–H and O–H groups in total. The summed E-state index contributed by atoms with van der Waals surface area (Å²) >= 11 is 0. The first-order valence-corrected chi connectivity index (χ1v) is 5.01. The lowest BCUT2D eigenvalue weighted by molar-refractivity contribution is 0.962. The van der Waals surface area contributed by atoms with Crippen molar-refractivity contribution in [2.75, 3.05) is 0 Å². The van der Waals surface area contributed by atoms with E-state index in [0.717, 1.165) is 22.3 Å². The van der Waals surface area contributed by atoms with Crippen molar-refractivity contribution in [3.63, 3.8) is 0 Å². The molecule has 0 saturated heterocycles. The van der Waals surface area contributed by atoms with Crippen LogP contribution in [0, 0.1) is 17.9 Å². The summed E-state index contributed by atoms with van der Waals surface area (Å²) in [5.74, 6) is 0.191. The quantitative estimate of drug-likeness (QED) is 0.471. The highest BCUT2D eigenvalue weighted by molar-refractivity contribution is 5.91. The Morgan fingerprint density at radius 2 is 2.19 bits per heavy atom. The smallest absolute Gasteiger partial charge is 0.226 e. The first-order valence-electron chi connectivity index (χ1n) is 5.01. The van der Waals surface area contributed by atoms with Crippen LogP contribution in [-0.4, -0.2) is 0 Å². The van der Waals surface area contributed by atoms with Crippen LogP contribution in [0.15, 0.2) is 42.1 Å². The molecule has 0 bridgehead atoms. The summed E-state index contributed by atoms with van der Waals surface area (Å²) in [6, 6.07) is 9.81. The second-order valence-corrected chi connectivity index (χ2v) is 3.78. The van der Waals surface area contributed by atoms with E-state index in [9.17, 15) is 0 Å². The maximum atomic E-state index is 8.95. The van der Waals surface area contributed by atoms with E-state index in [1.54, 1.807) is 0 Å². The Morgan fingerprint density at radius 3 is 2.81 bits per heavy atom. The molecule has 0 amide bonds. The Labute approximate surface area is 95.0 Å². The average Bonchev–Trinajstić information content (AvgIpc) is 2.57. The molecule has 0 aromatic heterocycles. The maximum absolute atomic E-state index is 8.95. The molecule has 76 valence electrons. The minimum Gasteiger partial charge on any atom is -0.226 e. The third-order valence-electron chi connectivity index (χ3n) is 2.99. The van der Waals surface area contributed by atoms with Crippen molar-refractivity contribution in [2.24, 2.45) is 0 Å². The van der Waals surface area contributed by atoms with Gasteiger partial charge in [0.05, 0.1) is 12.6 Å². The van der Waals surface area contributed by atoms with Gasteiger partial charge in [-0.1, -0.05) is 37.8 Å². The van der Waals surface area contributed by atoms with Gasteiger partial charge in [0.2, 0.25) is 0 Å². The zero-order valence-electron chi connectivity index (χ0n) is 8.99. The summed E-state index contributed by atoms with van der Waals surface area (Å²) in [6.07, 6.45) is 0. The second kappa shape index (κ2) is 3.68. The minimum atomic E-state index is 0.141. The fourth-order valence-corrected chi connectivity index (χ4v) is 2.10. The van der Waals surface area contributed by atoms with E-state index in [2.05, 4.69) is 11.4 Å². The SMILES string of the molecule is [C-]#[N+]C(C#N)=C1C(=C)C(C)c2ccccc21. The van der Waals surface area contributed by atoms with E-state index in [1.165, 1.54) is 0 Å². The molecule has 1 unspecified atom stereocenters. The van der Waals surface area contributed by atoms with Gasteiger partial charge in [-0.05, 0) is 16.7 Å². The molecule has 0 aliphatic heterocycles. The number of hydrogen-bond acceptors (Lipinski definition) is 1. The number of fused-ring (bicyclic) bond motifs is 1. The lowest BCUT2D eigenvalue weighted by atomic mass is 10.0.